The Balaban J connectivity index is 2.53. The number of hydrogen-bond acceptors (Lipinski definition) is 4. The summed E-state index contributed by atoms with van der Waals surface area (Å²) in [4.78, 5) is 11.8. The molecule has 0 aliphatic heterocycles. The van der Waals surface area contributed by atoms with E-state index in [-0.39, 0.29) is 12.3 Å². The van der Waals surface area contributed by atoms with Crippen LogP contribution in [0.5, 0.6) is 0 Å². The lowest BCUT2D eigenvalue weighted by Gasteiger charge is -2.05. The zero-order valence-corrected chi connectivity index (χ0v) is 12.5. The van der Waals surface area contributed by atoms with Crippen molar-refractivity contribution in [1.29, 1.82) is 0 Å². The van der Waals surface area contributed by atoms with Crippen LogP contribution in [0.2, 0.25) is 10.0 Å². The molecule has 2 N–H and O–H groups in total. The number of rotatable bonds is 3. The monoisotopic (exact) mass is 313 g/mol. The van der Waals surface area contributed by atoms with Crippen LogP contribution in [0.3, 0.4) is 0 Å². The van der Waals surface area contributed by atoms with Crippen LogP contribution in [-0.2, 0) is 4.74 Å². The Kier molecular flexibility index (Phi) is 4.20. The van der Waals surface area contributed by atoms with Crippen LogP contribution < -0.4 is 5.73 Å². The average Bonchev–Trinajstić information content (AvgIpc) is 2.66. The first-order valence-electron chi connectivity index (χ1n) is 5.92. The van der Waals surface area contributed by atoms with Crippen LogP contribution in [0, 0.1) is 6.92 Å². The molecule has 7 heteroatoms. The third-order valence-corrected chi connectivity index (χ3v) is 3.16. The molecule has 0 unspecified atom stereocenters. The predicted molar refractivity (Wildman–Crippen MR) is 78.7 cm³/mol. The largest absolute Gasteiger partial charge is 0.461 e. The van der Waals surface area contributed by atoms with E-state index in [0.717, 1.165) is 0 Å². The maximum atomic E-state index is 11.8. The molecule has 0 aliphatic rings. The van der Waals surface area contributed by atoms with Gasteiger partial charge in [-0.05, 0) is 32.0 Å². The van der Waals surface area contributed by atoms with Gasteiger partial charge < -0.3 is 10.5 Å². The number of anilines is 1. The molecule has 2 rings (SSSR count). The Morgan fingerprint density at radius 2 is 1.95 bits per heavy atom. The van der Waals surface area contributed by atoms with Crippen molar-refractivity contribution in [2.24, 2.45) is 0 Å². The number of aromatic nitrogens is 2. The fourth-order valence-electron chi connectivity index (χ4n) is 1.76. The molecule has 1 aromatic carbocycles. The lowest BCUT2D eigenvalue weighted by molar-refractivity contribution is 0.0518. The molecule has 0 spiro atoms. The number of halogens is 2. The molecular weight excluding hydrogens is 301 g/mol. The van der Waals surface area contributed by atoms with Crippen molar-refractivity contribution >= 4 is 35.0 Å². The van der Waals surface area contributed by atoms with E-state index in [1.165, 1.54) is 4.68 Å². The number of benzene rings is 1. The molecule has 2 aromatic rings. The van der Waals surface area contributed by atoms with Gasteiger partial charge >= 0.3 is 5.97 Å². The summed E-state index contributed by atoms with van der Waals surface area (Å²) < 4.78 is 6.35. The van der Waals surface area contributed by atoms with Crippen molar-refractivity contribution in [3.8, 4) is 5.69 Å². The van der Waals surface area contributed by atoms with Crippen LogP contribution in [0.15, 0.2) is 18.2 Å². The van der Waals surface area contributed by atoms with E-state index >= 15 is 0 Å². The standard InChI is InChI=1S/C13H13Cl2N3O2/c1-3-20-13(19)11-7(2)12(16)18(17-11)10-5-8(14)4-9(15)6-10/h4-6H,3,16H2,1-2H3. The third kappa shape index (κ3) is 2.73. The molecule has 0 atom stereocenters. The van der Waals surface area contributed by atoms with Gasteiger partial charge in [0.05, 0.1) is 12.3 Å². The smallest absolute Gasteiger partial charge is 0.359 e. The number of esters is 1. The van der Waals surface area contributed by atoms with E-state index in [0.29, 0.717) is 27.1 Å². The highest BCUT2D eigenvalue weighted by atomic mass is 35.5. The minimum atomic E-state index is -0.511. The average molecular weight is 314 g/mol. The van der Waals surface area contributed by atoms with Gasteiger partial charge in [0.2, 0.25) is 0 Å². The number of carbonyl (C=O) groups excluding carboxylic acids is 1. The molecule has 20 heavy (non-hydrogen) atoms. The molecule has 1 aromatic heterocycles. The van der Waals surface area contributed by atoms with E-state index in [4.69, 9.17) is 33.7 Å². The molecule has 5 nitrogen and oxygen atoms in total. The summed E-state index contributed by atoms with van der Waals surface area (Å²) in [6, 6.07) is 4.92. The number of carbonyl (C=O) groups is 1. The van der Waals surface area contributed by atoms with Gasteiger partial charge in [0, 0.05) is 15.6 Å². The minimum Gasteiger partial charge on any atom is -0.461 e. The quantitative estimate of drug-likeness (QED) is 0.883. The fraction of sp³-hybridized carbons (Fsp3) is 0.231. The van der Waals surface area contributed by atoms with Crippen LogP contribution >= 0.6 is 23.2 Å². The lowest BCUT2D eigenvalue weighted by atomic mass is 10.2. The second-order valence-electron chi connectivity index (χ2n) is 4.12. The van der Waals surface area contributed by atoms with Crippen LogP contribution in [0.1, 0.15) is 23.0 Å². The van der Waals surface area contributed by atoms with E-state index in [1.54, 1.807) is 32.0 Å². The van der Waals surface area contributed by atoms with E-state index in [2.05, 4.69) is 5.10 Å². The number of hydrogen-bond donors (Lipinski definition) is 1. The van der Waals surface area contributed by atoms with Gasteiger partial charge in [0.1, 0.15) is 5.82 Å². The van der Waals surface area contributed by atoms with Crippen molar-refractivity contribution in [2.45, 2.75) is 13.8 Å². The molecule has 0 saturated carbocycles. The second kappa shape index (κ2) is 5.73. The highest BCUT2D eigenvalue weighted by Gasteiger charge is 2.20. The maximum absolute atomic E-state index is 11.8. The van der Waals surface area contributed by atoms with Crippen molar-refractivity contribution in [3.63, 3.8) is 0 Å². The minimum absolute atomic E-state index is 0.181. The summed E-state index contributed by atoms with van der Waals surface area (Å²) in [6.45, 7) is 3.70. The molecular formula is C13H13Cl2N3O2. The predicted octanol–water partition coefficient (Wildman–Crippen LogP) is 3.25. The van der Waals surface area contributed by atoms with Crippen molar-refractivity contribution in [2.75, 3.05) is 12.3 Å². The van der Waals surface area contributed by atoms with Gasteiger partial charge in [-0.15, -0.1) is 0 Å². The van der Waals surface area contributed by atoms with Crippen molar-refractivity contribution in [3.05, 3.63) is 39.5 Å². The SMILES string of the molecule is CCOC(=O)c1nn(-c2cc(Cl)cc(Cl)c2)c(N)c1C. The first kappa shape index (κ1) is 14.7. The third-order valence-electron chi connectivity index (χ3n) is 2.73. The summed E-state index contributed by atoms with van der Waals surface area (Å²) in [7, 11) is 0. The van der Waals surface area contributed by atoms with Gasteiger partial charge in [-0.2, -0.15) is 5.10 Å². The van der Waals surface area contributed by atoms with Gasteiger partial charge in [-0.3, -0.25) is 0 Å². The highest BCUT2D eigenvalue weighted by molar-refractivity contribution is 6.34. The van der Waals surface area contributed by atoms with Gasteiger partial charge in [0.15, 0.2) is 5.69 Å². The number of nitrogens with zero attached hydrogens (tertiary/aromatic N) is 2. The fourth-order valence-corrected chi connectivity index (χ4v) is 2.28. The maximum Gasteiger partial charge on any atom is 0.359 e. The first-order valence-corrected chi connectivity index (χ1v) is 6.68. The molecule has 0 amide bonds. The Morgan fingerprint density at radius 3 is 2.50 bits per heavy atom. The molecule has 0 radical (unpaired) electrons. The summed E-state index contributed by atoms with van der Waals surface area (Å²) in [5.41, 5.74) is 7.29. The van der Waals surface area contributed by atoms with Gasteiger partial charge in [-0.1, -0.05) is 23.2 Å². The summed E-state index contributed by atoms with van der Waals surface area (Å²) in [5.74, 6) is -0.171. The van der Waals surface area contributed by atoms with Gasteiger partial charge in [0.25, 0.3) is 0 Å². The number of ether oxygens (including phenoxy) is 1. The Hall–Kier alpha value is -1.72. The molecule has 106 valence electrons. The molecule has 0 fully saturated rings. The van der Waals surface area contributed by atoms with Crippen LogP contribution in [-0.4, -0.2) is 22.4 Å². The van der Waals surface area contributed by atoms with E-state index in [1.807, 2.05) is 0 Å². The first-order chi connectivity index (χ1) is 9.43. The molecule has 0 bridgehead atoms. The highest BCUT2D eigenvalue weighted by Crippen LogP contribution is 2.26. The van der Waals surface area contributed by atoms with Crippen molar-refractivity contribution < 1.29 is 9.53 Å². The Bertz CT molecular complexity index is 648. The van der Waals surface area contributed by atoms with E-state index < -0.39 is 5.97 Å². The number of nitrogens with two attached hydrogens (primary N) is 1. The summed E-state index contributed by atoms with van der Waals surface area (Å²) in [5, 5.41) is 5.09. The summed E-state index contributed by atoms with van der Waals surface area (Å²) in [6.07, 6.45) is 0. The van der Waals surface area contributed by atoms with Crippen LogP contribution in [0.4, 0.5) is 5.82 Å². The molecule has 0 saturated heterocycles. The number of nitrogen functional groups attached to an aromatic ring is 1. The molecule has 1 heterocycles. The van der Waals surface area contributed by atoms with Gasteiger partial charge in [-0.25, -0.2) is 9.48 Å². The lowest BCUT2D eigenvalue weighted by Crippen LogP contribution is -2.07. The zero-order valence-electron chi connectivity index (χ0n) is 11.0. The second-order valence-corrected chi connectivity index (χ2v) is 4.99. The zero-order chi connectivity index (χ0) is 14.9. The Labute approximate surface area is 126 Å². The van der Waals surface area contributed by atoms with Crippen molar-refractivity contribution in [1.82, 2.24) is 9.78 Å². The Morgan fingerprint density at radius 1 is 1.35 bits per heavy atom. The summed E-state index contributed by atoms with van der Waals surface area (Å²) >= 11 is 11.9. The topological polar surface area (TPSA) is 70.1 Å². The van der Waals surface area contributed by atoms with Crippen LogP contribution in [0.25, 0.3) is 5.69 Å². The van der Waals surface area contributed by atoms with E-state index in [9.17, 15) is 4.79 Å². The normalized spacial score (nSPS) is 10.6. The molecule has 0 aliphatic carbocycles.